The molecular formula is C30H30N6. The van der Waals surface area contributed by atoms with E-state index in [2.05, 4.69) is 69.9 Å². The molecular weight excluding hydrogens is 444 g/mol. The number of hydrogen-bond acceptors (Lipinski definition) is 5. The Morgan fingerprint density at radius 2 is 1.69 bits per heavy atom. The average molecular weight is 475 g/mol. The van der Waals surface area contributed by atoms with E-state index in [0.717, 1.165) is 46.0 Å². The predicted molar refractivity (Wildman–Crippen MR) is 146 cm³/mol. The normalized spacial score (nSPS) is 14.4. The molecule has 0 radical (unpaired) electrons. The number of nitrogens with zero attached hydrogens (tertiary/aromatic N) is 5. The van der Waals surface area contributed by atoms with Crippen molar-refractivity contribution in [2.24, 2.45) is 0 Å². The number of anilines is 1. The standard InChI is InChI=1S/C30H30N6/c1-21-7-5-8-23(19-21)26-14-15-27-30(33-26)36(29(34-27)25-9-6-16-32-28(25)31)24-12-10-22(11-13-24)20-35-17-3-2-4-18-35/h5-16,19H,2-4,17-18,20H2,1H3,(H2,31,32). The highest BCUT2D eigenvalue weighted by Crippen LogP contribution is 2.32. The molecule has 3 aromatic heterocycles. The topological polar surface area (TPSA) is 72.9 Å². The summed E-state index contributed by atoms with van der Waals surface area (Å²) in [7, 11) is 0. The van der Waals surface area contributed by atoms with Crippen molar-refractivity contribution in [2.45, 2.75) is 32.7 Å². The van der Waals surface area contributed by atoms with E-state index in [4.69, 9.17) is 15.7 Å². The number of aryl methyl sites for hydroxylation is 1. The van der Waals surface area contributed by atoms with E-state index >= 15 is 0 Å². The van der Waals surface area contributed by atoms with Crippen molar-refractivity contribution in [3.05, 3.63) is 90.1 Å². The molecule has 0 atom stereocenters. The Balaban J connectivity index is 1.47. The van der Waals surface area contributed by atoms with Crippen LogP contribution in [0.25, 0.3) is 39.5 Å². The number of benzene rings is 2. The second-order valence-electron chi connectivity index (χ2n) is 9.62. The Hall–Kier alpha value is -4.03. The number of fused-ring (bicyclic) bond motifs is 1. The Kier molecular flexibility index (Phi) is 5.95. The molecule has 2 aromatic carbocycles. The van der Waals surface area contributed by atoms with Crippen molar-refractivity contribution in [3.63, 3.8) is 0 Å². The lowest BCUT2D eigenvalue weighted by molar-refractivity contribution is 0.221. The Morgan fingerprint density at radius 1 is 0.861 bits per heavy atom. The summed E-state index contributed by atoms with van der Waals surface area (Å²) in [6.45, 7) is 5.46. The van der Waals surface area contributed by atoms with Crippen LogP contribution >= 0.6 is 0 Å². The lowest BCUT2D eigenvalue weighted by atomic mass is 10.1. The first-order valence-electron chi connectivity index (χ1n) is 12.6. The van der Waals surface area contributed by atoms with E-state index in [1.165, 1.54) is 43.5 Å². The quantitative estimate of drug-likeness (QED) is 0.337. The third-order valence-electron chi connectivity index (χ3n) is 6.95. The first-order chi connectivity index (χ1) is 17.7. The Labute approximate surface area is 211 Å². The Bertz CT molecular complexity index is 1510. The van der Waals surface area contributed by atoms with Gasteiger partial charge in [0.1, 0.15) is 11.3 Å². The minimum Gasteiger partial charge on any atom is -0.383 e. The molecule has 180 valence electrons. The molecule has 5 aromatic rings. The van der Waals surface area contributed by atoms with Gasteiger partial charge in [-0.2, -0.15) is 0 Å². The summed E-state index contributed by atoms with van der Waals surface area (Å²) in [5.74, 6) is 1.20. The average Bonchev–Trinajstić information content (AvgIpc) is 3.28. The molecule has 6 rings (SSSR count). The largest absolute Gasteiger partial charge is 0.383 e. The SMILES string of the molecule is Cc1cccc(-c2ccc3nc(-c4cccnc4N)n(-c4ccc(CN5CCCCC5)cc4)c3n2)c1. The maximum atomic E-state index is 6.30. The molecule has 0 unspecified atom stereocenters. The molecule has 6 heteroatoms. The van der Waals surface area contributed by atoms with E-state index in [-0.39, 0.29) is 0 Å². The van der Waals surface area contributed by atoms with Gasteiger partial charge in [0, 0.05) is 24.0 Å². The number of rotatable bonds is 5. The molecule has 1 aliphatic rings. The van der Waals surface area contributed by atoms with E-state index in [9.17, 15) is 0 Å². The van der Waals surface area contributed by atoms with Crippen LogP contribution in [0.4, 0.5) is 5.82 Å². The van der Waals surface area contributed by atoms with E-state index in [0.29, 0.717) is 5.82 Å². The molecule has 1 saturated heterocycles. The van der Waals surface area contributed by atoms with Gasteiger partial charge in [-0.1, -0.05) is 42.3 Å². The van der Waals surface area contributed by atoms with Gasteiger partial charge in [-0.15, -0.1) is 0 Å². The minimum absolute atomic E-state index is 0.453. The van der Waals surface area contributed by atoms with Crippen LogP contribution in [0.5, 0.6) is 0 Å². The van der Waals surface area contributed by atoms with Crippen LogP contribution in [0.3, 0.4) is 0 Å². The summed E-state index contributed by atoms with van der Waals surface area (Å²) in [6.07, 6.45) is 5.64. The first-order valence-corrected chi connectivity index (χ1v) is 12.6. The number of pyridine rings is 2. The van der Waals surface area contributed by atoms with Gasteiger partial charge < -0.3 is 5.73 Å². The predicted octanol–water partition coefficient (Wildman–Crippen LogP) is 6.03. The van der Waals surface area contributed by atoms with Crippen molar-refractivity contribution in [1.82, 2.24) is 24.4 Å². The molecule has 1 fully saturated rings. The fourth-order valence-electron chi connectivity index (χ4n) is 5.08. The van der Waals surface area contributed by atoms with Crippen molar-refractivity contribution < 1.29 is 0 Å². The highest BCUT2D eigenvalue weighted by molar-refractivity contribution is 5.84. The fraction of sp³-hybridized carbons (Fsp3) is 0.233. The Morgan fingerprint density at radius 3 is 2.47 bits per heavy atom. The maximum absolute atomic E-state index is 6.30. The highest BCUT2D eigenvalue weighted by Gasteiger charge is 2.19. The van der Waals surface area contributed by atoms with E-state index in [1.807, 2.05) is 24.3 Å². The van der Waals surface area contributed by atoms with Crippen LogP contribution in [-0.2, 0) is 6.54 Å². The summed E-state index contributed by atoms with van der Waals surface area (Å²) >= 11 is 0. The van der Waals surface area contributed by atoms with Crippen LogP contribution in [0.2, 0.25) is 0 Å². The monoisotopic (exact) mass is 474 g/mol. The fourth-order valence-corrected chi connectivity index (χ4v) is 5.08. The van der Waals surface area contributed by atoms with Crippen LogP contribution in [0.15, 0.2) is 79.0 Å². The van der Waals surface area contributed by atoms with Gasteiger partial charge in [-0.05, 0) is 80.9 Å². The molecule has 36 heavy (non-hydrogen) atoms. The van der Waals surface area contributed by atoms with E-state index in [1.54, 1.807) is 6.20 Å². The lowest BCUT2D eigenvalue weighted by Gasteiger charge is -2.26. The number of hydrogen-bond donors (Lipinski definition) is 1. The third kappa shape index (κ3) is 4.36. The number of likely N-dealkylation sites (tertiary alicyclic amines) is 1. The third-order valence-corrected chi connectivity index (χ3v) is 6.95. The lowest BCUT2D eigenvalue weighted by Crippen LogP contribution is -2.29. The van der Waals surface area contributed by atoms with Crippen LogP contribution < -0.4 is 5.73 Å². The molecule has 6 nitrogen and oxygen atoms in total. The second kappa shape index (κ2) is 9.55. The zero-order chi connectivity index (χ0) is 24.5. The zero-order valence-electron chi connectivity index (χ0n) is 20.6. The van der Waals surface area contributed by atoms with Crippen LogP contribution in [0.1, 0.15) is 30.4 Å². The van der Waals surface area contributed by atoms with Gasteiger partial charge >= 0.3 is 0 Å². The number of aromatic nitrogens is 4. The summed E-state index contributed by atoms with van der Waals surface area (Å²) in [5.41, 5.74) is 14.3. The van der Waals surface area contributed by atoms with Crippen molar-refractivity contribution >= 4 is 17.0 Å². The summed E-state index contributed by atoms with van der Waals surface area (Å²) in [5, 5.41) is 0. The second-order valence-corrected chi connectivity index (χ2v) is 9.62. The molecule has 0 aliphatic carbocycles. The molecule has 4 heterocycles. The summed E-state index contributed by atoms with van der Waals surface area (Å²) < 4.78 is 2.10. The van der Waals surface area contributed by atoms with Gasteiger partial charge in [0.25, 0.3) is 0 Å². The molecule has 0 amide bonds. The number of nitrogens with two attached hydrogens (primary N) is 1. The van der Waals surface area contributed by atoms with Gasteiger partial charge in [-0.25, -0.2) is 15.0 Å². The summed E-state index contributed by atoms with van der Waals surface area (Å²) in [4.78, 5) is 16.9. The highest BCUT2D eigenvalue weighted by atomic mass is 15.1. The van der Waals surface area contributed by atoms with Crippen molar-refractivity contribution in [2.75, 3.05) is 18.8 Å². The maximum Gasteiger partial charge on any atom is 0.165 e. The molecule has 0 bridgehead atoms. The van der Waals surface area contributed by atoms with E-state index < -0.39 is 0 Å². The van der Waals surface area contributed by atoms with Gasteiger partial charge in [0.05, 0.1) is 11.3 Å². The molecule has 2 N–H and O–H groups in total. The smallest absolute Gasteiger partial charge is 0.165 e. The number of nitrogen functional groups attached to an aromatic ring is 1. The number of imidazole rings is 1. The molecule has 0 saturated carbocycles. The van der Waals surface area contributed by atoms with Gasteiger partial charge in [-0.3, -0.25) is 9.47 Å². The molecule has 0 spiro atoms. The van der Waals surface area contributed by atoms with Crippen molar-refractivity contribution in [1.29, 1.82) is 0 Å². The first kappa shape index (κ1) is 22.4. The summed E-state index contributed by atoms with van der Waals surface area (Å²) in [6, 6.07) is 25.1. The van der Waals surface area contributed by atoms with Crippen LogP contribution in [-0.4, -0.2) is 37.5 Å². The number of piperidine rings is 1. The minimum atomic E-state index is 0.453. The van der Waals surface area contributed by atoms with Gasteiger partial charge in [0.15, 0.2) is 11.5 Å². The van der Waals surface area contributed by atoms with Gasteiger partial charge in [0.2, 0.25) is 0 Å². The van der Waals surface area contributed by atoms with Crippen molar-refractivity contribution in [3.8, 4) is 28.3 Å². The van der Waals surface area contributed by atoms with Crippen LogP contribution in [0, 0.1) is 6.92 Å². The molecule has 1 aliphatic heterocycles. The zero-order valence-corrected chi connectivity index (χ0v) is 20.6.